The molecule has 0 aromatic carbocycles. The zero-order chi connectivity index (χ0) is 14.4. The van der Waals surface area contributed by atoms with Crippen LogP contribution in [0.2, 0.25) is 0 Å². The molecule has 0 saturated heterocycles. The molecular formula is C13H24N4O2S. The highest BCUT2D eigenvalue weighted by Crippen LogP contribution is 2.19. The highest BCUT2D eigenvalue weighted by molar-refractivity contribution is 7.89. The minimum atomic E-state index is -3.43. The van der Waals surface area contributed by atoms with E-state index in [1.807, 2.05) is 7.05 Å². The second-order valence-electron chi connectivity index (χ2n) is 5.35. The van der Waals surface area contributed by atoms with Crippen molar-refractivity contribution in [2.24, 2.45) is 0 Å². The topological polar surface area (TPSA) is 76.0 Å². The number of hydrogen-bond donors (Lipinski definition) is 2. The van der Waals surface area contributed by atoms with Crippen molar-refractivity contribution >= 4 is 10.0 Å². The van der Waals surface area contributed by atoms with E-state index in [-0.39, 0.29) is 10.9 Å². The molecule has 0 radical (unpaired) electrons. The lowest BCUT2D eigenvalue weighted by Crippen LogP contribution is -2.34. The maximum absolute atomic E-state index is 12.3. The molecule has 6 nitrogen and oxygen atoms in total. The van der Waals surface area contributed by atoms with E-state index in [1.165, 1.54) is 19.0 Å². The Balaban J connectivity index is 1.99. The molecule has 20 heavy (non-hydrogen) atoms. The van der Waals surface area contributed by atoms with Gasteiger partial charge in [-0.05, 0) is 19.9 Å². The van der Waals surface area contributed by atoms with Gasteiger partial charge in [-0.2, -0.15) is 5.10 Å². The standard InChI is InChI=1S/C13H24N4O2S/c1-14-8-9-17-11-13(10-15-17)20(18,19)16-12-6-4-2-3-5-7-12/h10-12,14,16H,2-9H2,1H3. The average Bonchev–Trinajstić information content (AvgIpc) is 2.76. The van der Waals surface area contributed by atoms with E-state index < -0.39 is 10.0 Å². The average molecular weight is 300 g/mol. The molecule has 0 bridgehead atoms. The van der Waals surface area contributed by atoms with Gasteiger partial charge in [0, 0.05) is 18.8 Å². The molecule has 114 valence electrons. The predicted octanol–water partition coefficient (Wildman–Crippen LogP) is 1.10. The highest BCUT2D eigenvalue weighted by atomic mass is 32.2. The van der Waals surface area contributed by atoms with Gasteiger partial charge in [0.15, 0.2) is 0 Å². The van der Waals surface area contributed by atoms with E-state index >= 15 is 0 Å². The van der Waals surface area contributed by atoms with E-state index in [1.54, 1.807) is 10.9 Å². The number of nitrogens with one attached hydrogen (secondary N) is 2. The molecule has 0 spiro atoms. The second kappa shape index (κ2) is 7.19. The number of aromatic nitrogens is 2. The van der Waals surface area contributed by atoms with Crippen LogP contribution in [-0.4, -0.2) is 37.8 Å². The molecule has 0 unspecified atom stereocenters. The van der Waals surface area contributed by atoms with Crippen molar-refractivity contribution in [3.05, 3.63) is 12.4 Å². The first kappa shape index (κ1) is 15.5. The monoisotopic (exact) mass is 300 g/mol. The Morgan fingerprint density at radius 2 is 2.00 bits per heavy atom. The van der Waals surface area contributed by atoms with Gasteiger partial charge in [-0.25, -0.2) is 13.1 Å². The third-order valence-corrected chi connectivity index (χ3v) is 5.16. The van der Waals surface area contributed by atoms with Gasteiger partial charge < -0.3 is 5.32 Å². The molecule has 1 aromatic heterocycles. The Morgan fingerprint density at radius 3 is 2.65 bits per heavy atom. The first-order valence-corrected chi connectivity index (χ1v) is 8.79. The summed E-state index contributed by atoms with van der Waals surface area (Å²) < 4.78 is 29.1. The SMILES string of the molecule is CNCCn1cc(S(=O)(=O)NC2CCCCCC2)cn1. The fraction of sp³-hybridized carbons (Fsp3) is 0.769. The van der Waals surface area contributed by atoms with Gasteiger partial charge in [-0.1, -0.05) is 25.7 Å². The highest BCUT2D eigenvalue weighted by Gasteiger charge is 2.22. The van der Waals surface area contributed by atoms with E-state index in [0.717, 1.165) is 32.2 Å². The van der Waals surface area contributed by atoms with Crippen LogP contribution in [0.4, 0.5) is 0 Å². The van der Waals surface area contributed by atoms with Crippen molar-refractivity contribution < 1.29 is 8.42 Å². The molecule has 1 aliphatic rings. The Hall–Kier alpha value is -0.920. The molecule has 2 rings (SSSR count). The van der Waals surface area contributed by atoms with E-state index in [2.05, 4.69) is 15.1 Å². The number of nitrogens with zero attached hydrogens (tertiary/aromatic N) is 2. The third kappa shape index (κ3) is 4.29. The molecule has 7 heteroatoms. The number of hydrogen-bond acceptors (Lipinski definition) is 4. The Labute approximate surface area is 121 Å². The number of sulfonamides is 1. The summed E-state index contributed by atoms with van der Waals surface area (Å²) in [5, 5.41) is 7.10. The summed E-state index contributed by atoms with van der Waals surface area (Å²) in [7, 11) is -1.58. The molecule has 2 N–H and O–H groups in total. The van der Waals surface area contributed by atoms with Crippen molar-refractivity contribution in [3.8, 4) is 0 Å². The Kier molecular flexibility index (Phi) is 5.56. The third-order valence-electron chi connectivity index (χ3n) is 3.69. The van der Waals surface area contributed by atoms with Crippen molar-refractivity contribution in [2.45, 2.75) is 56.0 Å². The van der Waals surface area contributed by atoms with Crippen LogP contribution < -0.4 is 10.0 Å². The van der Waals surface area contributed by atoms with Crippen LogP contribution in [0.3, 0.4) is 0 Å². The Bertz CT molecular complexity index is 504. The summed E-state index contributed by atoms with van der Waals surface area (Å²) in [6, 6.07) is 0.0724. The predicted molar refractivity (Wildman–Crippen MR) is 78.0 cm³/mol. The largest absolute Gasteiger partial charge is 0.318 e. The summed E-state index contributed by atoms with van der Waals surface area (Å²) in [6.07, 6.45) is 9.52. The van der Waals surface area contributed by atoms with E-state index in [4.69, 9.17) is 0 Å². The Morgan fingerprint density at radius 1 is 1.30 bits per heavy atom. The van der Waals surface area contributed by atoms with Crippen molar-refractivity contribution in [1.29, 1.82) is 0 Å². The van der Waals surface area contributed by atoms with Crippen molar-refractivity contribution in [3.63, 3.8) is 0 Å². The fourth-order valence-corrected chi connectivity index (χ4v) is 3.77. The van der Waals surface area contributed by atoms with Crippen LogP contribution in [0.25, 0.3) is 0 Å². The summed E-state index contributed by atoms with van der Waals surface area (Å²) >= 11 is 0. The van der Waals surface area contributed by atoms with Gasteiger partial charge in [0.05, 0.1) is 12.7 Å². The number of likely N-dealkylation sites (N-methyl/N-ethyl adjacent to an activating group) is 1. The maximum atomic E-state index is 12.3. The second-order valence-corrected chi connectivity index (χ2v) is 7.07. The van der Waals surface area contributed by atoms with Crippen LogP contribution >= 0.6 is 0 Å². The summed E-state index contributed by atoms with van der Waals surface area (Å²) in [4.78, 5) is 0.262. The fourth-order valence-electron chi connectivity index (χ4n) is 2.52. The minimum absolute atomic E-state index is 0.0724. The van der Waals surface area contributed by atoms with Crippen LogP contribution in [0.1, 0.15) is 38.5 Å². The quantitative estimate of drug-likeness (QED) is 0.772. The lowest BCUT2D eigenvalue weighted by atomic mass is 10.1. The first-order chi connectivity index (χ1) is 9.62. The smallest absolute Gasteiger partial charge is 0.243 e. The number of rotatable bonds is 6. The molecular weight excluding hydrogens is 276 g/mol. The maximum Gasteiger partial charge on any atom is 0.243 e. The molecule has 1 aliphatic carbocycles. The van der Waals surface area contributed by atoms with Gasteiger partial charge >= 0.3 is 0 Å². The zero-order valence-corrected chi connectivity index (χ0v) is 12.8. The molecule has 1 fully saturated rings. The van der Waals surface area contributed by atoms with Crippen LogP contribution in [0.15, 0.2) is 17.3 Å². The summed E-state index contributed by atoms with van der Waals surface area (Å²) in [5.74, 6) is 0. The minimum Gasteiger partial charge on any atom is -0.318 e. The zero-order valence-electron chi connectivity index (χ0n) is 12.0. The lowest BCUT2D eigenvalue weighted by Gasteiger charge is -2.15. The van der Waals surface area contributed by atoms with Gasteiger partial charge in [-0.15, -0.1) is 0 Å². The molecule has 0 atom stereocenters. The van der Waals surface area contributed by atoms with Gasteiger partial charge in [0.1, 0.15) is 4.90 Å². The lowest BCUT2D eigenvalue weighted by molar-refractivity contribution is 0.509. The summed E-state index contributed by atoms with van der Waals surface area (Å²) in [6.45, 7) is 1.42. The van der Waals surface area contributed by atoms with Crippen LogP contribution in [0, 0.1) is 0 Å². The van der Waals surface area contributed by atoms with Gasteiger partial charge in [0.2, 0.25) is 10.0 Å². The summed E-state index contributed by atoms with van der Waals surface area (Å²) in [5.41, 5.74) is 0. The van der Waals surface area contributed by atoms with Gasteiger partial charge in [-0.3, -0.25) is 4.68 Å². The first-order valence-electron chi connectivity index (χ1n) is 7.31. The molecule has 0 amide bonds. The normalized spacial score (nSPS) is 18.1. The van der Waals surface area contributed by atoms with Crippen molar-refractivity contribution in [1.82, 2.24) is 19.8 Å². The molecule has 0 aliphatic heterocycles. The molecule has 1 aromatic rings. The molecule has 1 saturated carbocycles. The van der Waals surface area contributed by atoms with E-state index in [0.29, 0.717) is 6.54 Å². The van der Waals surface area contributed by atoms with Gasteiger partial charge in [0.25, 0.3) is 0 Å². The van der Waals surface area contributed by atoms with Crippen LogP contribution in [-0.2, 0) is 16.6 Å². The van der Waals surface area contributed by atoms with Crippen molar-refractivity contribution in [2.75, 3.05) is 13.6 Å². The van der Waals surface area contributed by atoms with E-state index in [9.17, 15) is 8.42 Å². The van der Waals surface area contributed by atoms with Crippen LogP contribution in [0.5, 0.6) is 0 Å². The molecule has 1 heterocycles.